The number of hydrogen-bond donors (Lipinski definition) is 1. The van der Waals surface area contributed by atoms with Crippen LogP contribution in [-0.2, 0) is 26.0 Å². The number of rotatable bonds is 10. The van der Waals surface area contributed by atoms with Crippen LogP contribution in [0.15, 0.2) is 83.8 Å². The van der Waals surface area contributed by atoms with Crippen molar-refractivity contribution < 1.29 is 18.0 Å². The third kappa shape index (κ3) is 7.97. The minimum Gasteiger partial charge on any atom is -0.350 e. The number of anilines is 1. The number of hydrogen-bond acceptors (Lipinski definition) is 4. The van der Waals surface area contributed by atoms with E-state index in [1.165, 1.54) is 29.2 Å². The molecule has 208 valence electrons. The normalized spacial score (nSPS) is 12.5. The van der Waals surface area contributed by atoms with E-state index in [-0.39, 0.29) is 33.1 Å². The summed E-state index contributed by atoms with van der Waals surface area (Å²) in [6.07, 6.45) is 0.475. The maximum absolute atomic E-state index is 13.9. The Bertz CT molecular complexity index is 1400. The second kappa shape index (κ2) is 12.9. The minimum absolute atomic E-state index is 0.000771. The quantitative estimate of drug-likeness (QED) is 0.335. The zero-order valence-corrected chi connectivity index (χ0v) is 24.7. The van der Waals surface area contributed by atoms with E-state index >= 15 is 0 Å². The van der Waals surface area contributed by atoms with Gasteiger partial charge in [0.1, 0.15) is 12.6 Å². The molecule has 1 atom stereocenters. The molecule has 3 rings (SSSR count). The molecule has 0 fully saturated rings. The van der Waals surface area contributed by atoms with Crippen molar-refractivity contribution >= 4 is 50.7 Å². The summed E-state index contributed by atoms with van der Waals surface area (Å²) in [4.78, 5) is 28.4. The first-order valence-corrected chi connectivity index (χ1v) is 14.7. The molecule has 39 heavy (non-hydrogen) atoms. The lowest BCUT2D eigenvalue weighted by Gasteiger charge is -2.33. The van der Waals surface area contributed by atoms with Gasteiger partial charge >= 0.3 is 0 Å². The van der Waals surface area contributed by atoms with Crippen LogP contribution >= 0.6 is 23.2 Å². The molecule has 0 aliphatic carbocycles. The number of nitrogens with zero attached hydrogens (tertiary/aromatic N) is 2. The summed E-state index contributed by atoms with van der Waals surface area (Å²) in [5.74, 6) is -0.903. The summed E-state index contributed by atoms with van der Waals surface area (Å²) < 4.78 is 28.5. The Morgan fingerprint density at radius 3 is 2.08 bits per heavy atom. The van der Waals surface area contributed by atoms with Crippen molar-refractivity contribution in [2.75, 3.05) is 17.4 Å². The Morgan fingerprint density at radius 1 is 0.897 bits per heavy atom. The Kier molecular flexibility index (Phi) is 10.0. The lowest BCUT2D eigenvalue weighted by molar-refractivity contribution is -0.139. The van der Waals surface area contributed by atoms with Gasteiger partial charge in [0.05, 0.1) is 20.6 Å². The highest BCUT2D eigenvalue weighted by molar-refractivity contribution is 7.92. The van der Waals surface area contributed by atoms with Crippen molar-refractivity contribution in [2.24, 2.45) is 0 Å². The summed E-state index contributed by atoms with van der Waals surface area (Å²) in [6, 6.07) is 21.0. The molecule has 3 aromatic carbocycles. The summed E-state index contributed by atoms with van der Waals surface area (Å²) in [7, 11) is -4.22. The van der Waals surface area contributed by atoms with Gasteiger partial charge in [-0.3, -0.25) is 13.9 Å². The molecule has 0 aromatic heterocycles. The van der Waals surface area contributed by atoms with Crippen LogP contribution in [-0.4, -0.2) is 49.8 Å². The Labute approximate surface area is 240 Å². The van der Waals surface area contributed by atoms with E-state index in [9.17, 15) is 18.0 Å². The average molecular weight is 591 g/mol. The van der Waals surface area contributed by atoms with Crippen molar-refractivity contribution in [1.82, 2.24) is 10.2 Å². The SMILES string of the molecule is C[C@@H](C(=O)NC(C)(C)C)N(CCc1ccccc1)C(=O)CN(c1cccc(Cl)c1Cl)S(=O)(=O)c1ccccc1. The van der Waals surface area contributed by atoms with Crippen LogP contribution in [0.4, 0.5) is 5.69 Å². The van der Waals surface area contributed by atoms with E-state index in [1.807, 2.05) is 51.1 Å². The molecule has 0 heterocycles. The van der Waals surface area contributed by atoms with Gasteiger partial charge in [-0.15, -0.1) is 0 Å². The van der Waals surface area contributed by atoms with Gasteiger partial charge in [0.25, 0.3) is 10.0 Å². The standard InChI is InChI=1S/C29H33Cl2N3O4S/c1-21(28(36)32-29(2,3)4)33(19-18-22-12-7-5-8-13-22)26(35)20-34(25-17-11-16-24(30)27(25)31)39(37,38)23-14-9-6-10-15-23/h5-17,21H,18-20H2,1-4H3,(H,32,36)/t21-/m0/s1. The third-order valence-electron chi connectivity index (χ3n) is 5.96. The molecule has 10 heteroatoms. The Morgan fingerprint density at radius 2 is 1.49 bits per heavy atom. The van der Waals surface area contributed by atoms with Crippen LogP contribution in [0.2, 0.25) is 10.0 Å². The molecule has 0 spiro atoms. The minimum atomic E-state index is -4.22. The van der Waals surface area contributed by atoms with Gasteiger partial charge < -0.3 is 10.2 Å². The fourth-order valence-electron chi connectivity index (χ4n) is 3.96. The van der Waals surface area contributed by atoms with Gasteiger partial charge in [0.15, 0.2) is 0 Å². The van der Waals surface area contributed by atoms with Gasteiger partial charge in [-0.1, -0.05) is 77.8 Å². The highest BCUT2D eigenvalue weighted by Gasteiger charge is 2.34. The van der Waals surface area contributed by atoms with Crippen LogP contribution < -0.4 is 9.62 Å². The zero-order valence-electron chi connectivity index (χ0n) is 22.4. The number of amides is 2. The van der Waals surface area contributed by atoms with Gasteiger partial charge in [-0.2, -0.15) is 0 Å². The molecule has 0 aliphatic rings. The van der Waals surface area contributed by atoms with Crippen LogP contribution in [0, 0.1) is 0 Å². The van der Waals surface area contributed by atoms with Crippen LogP contribution in [0.5, 0.6) is 0 Å². The van der Waals surface area contributed by atoms with Crippen LogP contribution in [0.1, 0.15) is 33.3 Å². The maximum atomic E-state index is 13.9. The first kappa shape index (κ1) is 30.5. The van der Waals surface area contributed by atoms with Crippen molar-refractivity contribution in [2.45, 2.75) is 50.6 Å². The van der Waals surface area contributed by atoms with Crippen molar-refractivity contribution in [3.8, 4) is 0 Å². The molecular formula is C29H33Cl2N3O4S. The number of halogens is 2. The predicted molar refractivity (Wildman–Crippen MR) is 157 cm³/mol. The maximum Gasteiger partial charge on any atom is 0.264 e. The lowest BCUT2D eigenvalue weighted by atomic mass is 10.1. The highest BCUT2D eigenvalue weighted by atomic mass is 35.5. The fourth-order valence-corrected chi connectivity index (χ4v) is 5.86. The molecule has 3 aromatic rings. The molecule has 1 N–H and O–H groups in total. The number of carbonyl (C=O) groups is 2. The molecule has 0 radical (unpaired) electrons. The van der Waals surface area contributed by atoms with E-state index in [4.69, 9.17) is 23.2 Å². The van der Waals surface area contributed by atoms with E-state index in [2.05, 4.69) is 5.32 Å². The number of nitrogens with one attached hydrogen (secondary N) is 1. The van der Waals surface area contributed by atoms with E-state index < -0.39 is 34.1 Å². The van der Waals surface area contributed by atoms with E-state index in [1.54, 1.807) is 31.2 Å². The van der Waals surface area contributed by atoms with Crippen molar-refractivity contribution in [3.63, 3.8) is 0 Å². The first-order valence-electron chi connectivity index (χ1n) is 12.5. The molecule has 0 unspecified atom stereocenters. The van der Waals surface area contributed by atoms with Gasteiger partial charge in [-0.25, -0.2) is 8.42 Å². The summed E-state index contributed by atoms with van der Waals surface area (Å²) in [5.41, 5.74) is 0.526. The monoisotopic (exact) mass is 589 g/mol. The van der Waals surface area contributed by atoms with Gasteiger partial charge in [-0.05, 0) is 63.9 Å². The molecule has 0 aliphatic heterocycles. The summed E-state index contributed by atoms with van der Waals surface area (Å²) in [6.45, 7) is 6.80. The van der Waals surface area contributed by atoms with Crippen molar-refractivity contribution in [3.05, 3.63) is 94.5 Å². The molecular weight excluding hydrogens is 557 g/mol. The second-order valence-electron chi connectivity index (χ2n) is 10.1. The average Bonchev–Trinajstić information content (AvgIpc) is 2.89. The Hall–Kier alpha value is -3.07. The molecule has 7 nitrogen and oxygen atoms in total. The molecule has 0 bridgehead atoms. The van der Waals surface area contributed by atoms with Crippen LogP contribution in [0.3, 0.4) is 0 Å². The topological polar surface area (TPSA) is 86.8 Å². The molecule has 0 saturated heterocycles. The summed E-state index contributed by atoms with van der Waals surface area (Å²) in [5, 5.41) is 3.05. The largest absolute Gasteiger partial charge is 0.350 e. The zero-order chi connectivity index (χ0) is 28.8. The van der Waals surface area contributed by atoms with Crippen LogP contribution in [0.25, 0.3) is 0 Å². The van der Waals surface area contributed by atoms with E-state index in [0.29, 0.717) is 6.42 Å². The van der Waals surface area contributed by atoms with Crippen molar-refractivity contribution in [1.29, 1.82) is 0 Å². The fraction of sp³-hybridized carbons (Fsp3) is 0.310. The third-order valence-corrected chi connectivity index (χ3v) is 8.54. The van der Waals surface area contributed by atoms with E-state index in [0.717, 1.165) is 9.87 Å². The second-order valence-corrected chi connectivity index (χ2v) is 12.8. The summed E-state index contributed by atoms with van der Waals surface area (Å²) >= 11 is 12.7. The van der Waals surface area contributed by atoms with Gasteiger partial charge in [0, 0.05) is 12.1 Å². The first-order chi connectivity index (χ1) is 18.3. The number of carbonyl (C=O) groups excluding carboxylic acids is 2. The lowest BCUT2D eigenvalue weighted by Crippen LogP contribution is -2.55. The van der Waals surface area contributed by atoms with Gasteiger partial charge in [0.2, 0.25) is 11.8 Å². The molecule has 0 saturated carbocycles. The number of sulfonamides is 1. The number of benzene rings is 3. The smallest absolute Gasteiger partial charge is 0.264 e. The predicted octanol–water partition coefficient (Wildman–Crippen LogP) is 5.56. The highest BCUT2D eigenvalue weighted by Crippen LogP contribution is 2.35. The molecule has 2 amide bonds. The Balaban J connectivity index is 2.01.